The smallest absolute Gasteiger partial charge is 0.111 e. The van der Waals surface area contributed by atoms with E-state index >= 15 is 0 Å². The highest BCUT2D eigenvalue weighted by molar-refractivity contribution is 5.19. The normalized spacial score (nSPS) is 21.3. The van der Waals surface area contributed by atoms with E-state index in [1.165, 1.54) is 12.0 Å². The largest absolute Gasteiger partial charge is 0.371 e. The van der Waals surface area contributed by atoms with Gasteiger partial charge >= 0.3 is 0 Å². The van der Waals surface area contributed by atoms with E-state index in [1.807, 2.05) is 18.2 Å². The Morgan fingerprint density at radius 3 is 2.73 bits per heavy atom. The molecule has 0 aliphatic carbocycles. The molecular weight excluding hydrogens is 188 g/mol. The van der Waals surface area contributed by atoms with Crippen molar-refractivity contribution in [1.29, 1.82) is 0 Å². The average Bonchev–Trinajstić information content (AvgIpc) is 3.10. The summed E-state index contributed by atoms with van der Waals surface area (Å²) in [5, 5.41) is 0. The zero-order valence-corrected chi connectivity index (χ0v) is 9.19. The van der Waals surface area contributed by atoms with Gasteiger partial charge in [0.25, 0.3) is 0 Å². The monoisotopic (exact) mass is 206 g/mol. The molecule has 2 rings (SSSR count). The lowest BCUT2D eigenvalue weighted by molar-refractivity contribution is 0.0306. The summed E-state index contributed by atoms with van der Waals surface area (Å²) in [4.78, 5) is 0. The molecule has 0 N–H and O–H groups in total. The SMILES string of the molecule is CCCCOC(c1ccccc1)C1CO1. The van der Waals surface area contributed by atoms with Gasteiger partial charge in [0.1, 0.15) is 12.2 Å². The summed E-state index contributed by atoms with van der Waals surface area (Å²) < 4.78 is 11.2. The predicted octanol–water partition coefficient (Wildman–Crippen LogP) is 2.94. The third kappa shape index (κ3) is 3.05. The first-order valence-corrected chi connectivity index (χ1v) is 5.70. The average molecular weight is 206 g/mol. The predicted molar refractivity (Wildman–Crippen MR) is 59.8 cm³/mol. The topological polar surface area (TPSA) is 21.8 Å². The number of benzene rings is 1. The second kappa shape index (κ2) is 5.29. The quantitative estimate of drug-likeness (QED) is 0.527. The maximum absolute atomic E-state index is 5.87. The number of ether oxygens (including phenoxy) is 2. The Bertz CT molecular complexity index is 280. The van der Waals surface area contributed by atoms with E-state index in [-0.39, 0.29) is 12.2 Å². The van der Waals surface area contributed by atoms with Crippen molar-refractivity contribution in [3.8, 4) is 0 Å². The van der Waals surface area contributed by atoms with Crippen molar-refractivity contribution in [2.75, 3.05) is 13.2 Å². The van der Waals surface area contributed by atoms with Crippen LogP contribution < -0.4 is 0 Å². The Balaban J connectivity index is 1.94. The van der Waals surface area contributed by atoms with Gasteiger partial charge in [0, 0.05) is 6.61 Å². The Hall–Kier alpha value is -0.860. The molecule has 0 bridgehead atoms. The van der Waals surface area contributed by atoms with Crippen LogP contribution in [0.25, 0.3) is 0 Å². The maximum Gasteiger partial charge on any atom is 0.111 e. The lowest BCUT2D eigenvalue weighted by Gasteiger charge is -2.15. The zero-order valence-electron chi connectivity index (χ0n) is 9.19. The van der Waals surface area contributed by atoms with Gasteiger partial charge in [0.2, 0.25) is 0 Å². The second-order valence-electron chi connectivity index (χ2n) is 3.93. The molecule has 1 aliphatic rings. The first kappa shape index (κ1) is 10.7. The summed E-state index contributed by atoms with van der Waals surface area (Å²) in [5.41, 5.74) is 1.23. The summed E-state index contributed by atoms with van der Waals surface area (Å²) in [6.07, 6.45) is 2.71. The molecule has 1 fully saturated rings. The van der Waals surface area contributed by atoms with Crippen LogP contribution >= 0.6 is 0 Å². The van der Waals surface area contributed by atoms with E-state index < -0.39 is 0 Å². The molecule has 0 aromatic heterocycles. The highest BCUT2D eigenvalue weighted by Crippen LogP contribution is 2.30. The zero-order chi connectivity index (χ0) is 10.5. The van der Waals surface area contributed by atoms with E-state index in [0.717, 1.165) is 19.6 Å². The minimum absolute atomic E-state index is 0.137. The number of unbranched alkanes of at least 4 members (excludes halogenated alkanes) is 1. The highest BCUT2D eigenvalue weighted by Gasteiger charge is 2.34. The van der Waals surface area contributed by atoms with Crippen LogP contribution in [-0.4, -0.2) is 19.3 Å². The van der Waals surface area contributed by atoms with Crippen LogP contribution in [0.15, 0.2) is 30.3 Å². The Labute approximate surface area is 91.2 Å². The third-order valence-corrected chi connectivity index (χ3v) is 2.62. The minimum Gasteiger partial charge on any atom is -0.371 e. The van der Waals surface area contributed by atoms with Crippen molar-refractivity contribution in [3.05, 3.63) is 35.9 Å². The fourth-order valence-corrected chi connectivity index (χ4v) is 1.65. The number of rotatable bonds is 6. The number of epoxide rings is 1. The molecule has 1 aromatic rings. The van der Waals surface area contributed by atoms with Crippen LogP contribution in [0.3, 0.4) is 0 Å². The van der Waals surface area contributed by atoms with Crippen LogP contribution in [0, 0.1) is 0 Å². The molecule has 2 atom stereocenters. The summed E-state index contributed by atoms with van der Waals surface area (Å²) >= 11 is 0. The molecule has 82 valence electrons. The second-order valence-corrected chi connectivity index (χ2v) is 3.93. The van der Waals surface area contributed by atoms with Crippen molar-refractivity contribution in [2.24, 2.45) is 0 Å². The Kier molecular flexibility index (Phi) is 3.75. The molecule has 2 heteroatoms. The third-order valence-electron chi connectivity index (χ3n) is 2.62. The van der Waals surface area contributed by atoms with E-state index in [1.54, 1.807) is 0 Å². The van der Waals surface area contributed by atoms with Crippen LogP contribution in [0.1, 0.15) is 31.4 Å². The van der Waals surface area contributed by atoms with Gasteiger partial charge in [0.05, 0.1) is 6.61 Å². The van der Waals surface area contributed by atoms with Crippen LogP contribution in [-0.2, 0) is 9.47 Å². The van der Waals surface area contributed by atoms with E-state index in [4.69, 9.17) is 9.47 Å². The van der Waals surface area contributed by atoms with Crippen LogP contribution in [0.2, 0.25) is 0 Å². The first-order chi connectivity index (χ1) is 7.42. The lowest BCUT2D eigenvalue weighted by Crippen LogP contribution is -2.11. The van der Waals surface area contributed by atoms with Crippen molar-refractivity contribution in [3.63, 3.8) is 0 Å². The van der Waals surface area contributed by atoms with Crippen molar-refractivity contribution < 1.29 is 9.47 Å². The van der Waals surface area contributed by atoms with Gasteiger partial charge in [-0.1, -0.05) is 43.7 Å². The molecular formula is C13H18O2. The summed E-state index contributed by atoms with van der Waals surface area (Å²) in [7, 11) is 0. The van der Waals surface area contributed by atoms with Gasteiger partial charge in [-0.05, 0) is 12.0 Å². The van der Waals surface area contributed by atoms with Gasteiger partial charge in [-0.15, -0.1) is 0 Å². The van der Waals surface area contributed by atoms with E-state index in [9.17, 15) is 0 Å². The van der Waals surface area contributed by atoms with Gasteiger partial charge in [-0.2, -0.15) is 0 Å². The fourth-order valence-electron chi connectivity index (χ4n) is 1.65. The van der Waals surface area contributed by atoms with Crippen molar-refractivity contribution in [2.45, 2.75) is 32.0 Å². The molecule has 1 aliphatic heterocycles. The fraction of sp³-hybridized carbons (Fsp3) is 0.538. The molecule has 15 heavy (non-hydrogen) atoms. The van der Waals surface area contributed by atoms with Gasteiger partial charge in [-0.3, -0.25) is 0 Å². The maximum atomic E-state index is 5.87. The summed E-state index contributed by atoms with van der Waals surface area (Å²) in [6, 6.07) is 10.3. The minimum atomic E-state index is 0.137. The van der Waals surface area contributed by atoms with E-state index in [0.29, 0.717) is 0 Å². The van der Waals surface area contributed by atoms with Gasteiger partial charge < -0.3 is 9.47 Å². The van der Waals surface area contributed by atoms with Crippen molar-refractivity contribution in [1.82, 2.24) is 0 Å². The summed E-state index contributed by atoms with van der Waals surface area (Å²) in [6.45, 7) is 3.84. The Morgan fingerprint density at radius 2 is 2.13 bits per heavy atom. The molecule has 0 amide bonds. The van der Waals surface area contributed by atoms with Crippen LogP contribution in [0.4, 0.5) is 0 Å². The van der Waals surface area contributed by atoms with Crippen LogP contribution in [0.5, 0.6) is 0 Å². The molecule has 2 unspecified atom stereocenters. The van der Waals surface area contributed by atoms with Crippen molar-refractivity contribution >= 4 is 0 Å². The Morgan fingerprint density at radius 1 is 1.40 bits per heavy atom. The van der Waals surface area contributed by atoms with Gasteiger partial charge in [-0.25, -0.2) is 0 Å². The van der Waals surface area contributed by atoms with E-state index in [2.05, 4.69) is 19.1 Å². The molecule has 1 aromatic carbocycles. The molecule has 0 radical (unpaired) electrons. The standard InChI is InChI=1S/C13H18O2/c1-2-3-9-14-13(12-10-15-12)11-7-5-4-6-8-11/h4-8,12-13H,2-3,9-10H2,1H3. The molecule has 0 spiro atoms. The molecule has 0 saturated carbocycles. The molecule has 1 saturated heterocycles. The van der Waals surface area contributed by atoms with Gasteiger partial charge in [0.15, 0.2) is 0 Å². The molecule has 2 nitrogen and oxygen atoms in total. The number of hydrogen-bond acceptors (Lipinski definition) is 2. The summed E-state index contributed by atoms with van der Waals surface area (Å²) in [5.74, 6) is 0. The lowest BCUT2D eigenvalue weighted by atomic mass is 10.1. The number of hydrogen-bond donors (Lipinski definition) is 0. The highest BCUT2D eigenvalue weighted by atomic mass is 16.6. The molecule has 1 heterocycles. The first-order valence-electron chi connectivity index (χ1n) is 5.70.